The lowest BCUT2D eigenvalue weighted by atomic mass is 9.85. The van der Waals surface area contributed by atoms with Gasteiger partial charge in [0.1, 0.15) is 0 Å². The zero-order chi connectivity index (χ0) is 12.9. The summed E-state index contributed by atoms with van der Waals surface area (Å²) in [7, 11) is 0. The highest BCUT2D eigenvalue weighted by Gasteiger charge is 2.73. The highest BCUT2D eigenvalue weighted by atomic mass is 16.2. The molecule has 3 saturated carbocycles. The average Bonchev–Trinajstić information content (AvgIpc) is 3.27. The van der Waals surface area contributed by atoms with Gasteiger partial charge in [0.15, 0.2) is 0 Å². The first-order valence-corrected chi connectivity index (χ1v) is 7.70. The molecule has 0 N–H and O–H groups in total. The summed E-state index contributed by atoms with van der Waals surface area (Å²) in [4.78, 5) is 27.1. The number of likely N-dealkylation sites (tertiary alicyclic amines) is 1. The second-order valence-corrected chi connectivity index (χ2v) is 7.35. The molecule has 3 heteroatoms. The lowest BCUT2D eigenvalue weighted by Crippen LogP contribution is -2.42. The molecule has 19 heavy (non-hydrogen) atoms. The van der Waals surface area contributed by atoms with Gasteiger partial charge in [-0.3, -0.25) is 14.5 Å². The zero-order valence-corrected chi connectivity index (χ0v) is 11.2. The minimum Gasteiger partial charge on any atom is -0.279 e. The average molecular weight is 257 g/mol. The van der Waals surface area contributed by atoms with E-state index in [2.05, 4.69) is 19.1 Å². The van der Waals surface area contributed by atoms with Crippen LogP contribution < -0.4 is 0 Å². The molecule has 3 nitrogen and oxygen atoms in total. The molecule has 1 spiro atoms. The fourth-order valence-corrected chi connectivity index (χ4v) is 5.29. The SMILES string of the molecule is C[C@H](C1CC1)N1C(=O)[C@@H]2[C@H](C1=O)[C@@H]1C=C[C@@H]2C12CC2. The molecule has 2 bridgehead atoms. The van der Waals surface area contributed by atoms with Crippen LogP contribution in [-0.2, 0) is 9.59 Å². The molecule has 0 unspecified atom stereocenters. The molecule has 0 aromatic rings. The lowest BCUT2D eigenvalue weighted by molar-refractivity contribution is -0.144. The molecular weight excluding hydrogens is 238 g/mol. The Hall–Kier alpha value is -1.12. The first kappa shape index (κ1) is 10.6. The smallest absolute Gasteiger partial charge is 0.233 e. The van der Waals surface area contributed by atoms with E-state index in [1.54, 1.807) is 4.90 Å². The Morgan fingerprint density at radius 2 is 1.63 bits per heavy atom. The van der Waals surface area contributed by atoms with Gasteiger partial charge in [-0.1, -0.05) is 12.2 Å². The summed E-state index contributed by atoms with van der Waals surface area (Å²) >= 11 is 0. The number of carbonyl (C=O) groups is 2. The zero-order valence-electron chi connectivity index (χ0n) is 11.2. The number of rotatable bonds is 2. The number of fused-ring (bicyclic) bond motifs is 3. The standard InChI is InChI=1S/C16H19NO2/c1-8(9-2-3-9)17-14(18)12-10-4-5-11(13(12)15(17)19)16(10)6-7-16/h4-5,8-13H,2-3,6-7H2,1H3/t8-,10+,11+,12-,13+/m1/s1. The number of amides is 2. The topological polar surface area (TPSA) is 37.4 Å². The van der Waals surface area contributed by atoms with Crippen LogP contribution in [0.15, 0.2) is 12.2 Å². The molecule has 0 aromatic carbocycles. The van der Waals surface area contributed by atoms with Crippen molar-refractivity contribution in [3.05, 3.63) is 12.2 Å². The molecule has 4 fully saturated rings. The third-order valence-electron chi connectivity index (χ3n) is 6.60. The van der Waals surface area contributed by atoms with E-state index in [9.17, 15) is 9.59 Å². The lowest BCUT2D eigenvalue weighted by Gasteiger charge is -2.26. The van der Waals surface area contributed by atoms with Gasteiger partial charge >= 0.3 is 0 Å². The van der Waals surface area contributed by atoms with E-state index in [1.807, 2.05) is 0 Å². The first-order chi connectivity index (χ1) is 9.15. The molecule has 5 atom stereocenters. The van der Waals surface area contributed by atoms with Crippen molar-refractivity contribution in [2.45, 2.75) is 38.6 Å². The quantitative estimate of drug-likeness (QED) is 0.560. The van der Waals surface area contributed by atoms with E-state index >= 15 is 0 Å². The van der Waals surface area contributed by atoms with Crippen LogP contribution in [0.25, 0.3) is 0 Å². The van der Waals surface area contributed by atoms with Gasteiger partial charge in [0.05, 0.1) is 11.8 Å². The van der Waals surface area contributed by atoms with Crippen molar-refractivity contribution in [3.8, 4) is 0 Å². The van der Waals surface area contributed by atoms with E-state index in [1.165, 1.54) is 25.7 Å². The second kappa shape index (κ2) is 2.97. The van der Waals surface area contributed by atoms with Crippen molar-refractivity contribution >= 4 is 11.8 Å². The maximum atomic E-state index is 12.7. The van der Waals surface area contributed by atoms with Crippen LogP contribution in [0.1, 0.15) is 32.6 Å². The molecule has 2 amide bonds. The molecule has 1 aliphatic heterocycles. The summed E-state index contributed by atoms with van der Waals surface area (Å²) in [6.45, 7) is 2.07. The van der Waals surface area contributed by atoms with Gasteiger partial charge in [-0.2, -0.15) is 0 Å². The van der Waals surface area contributed by atoms with Crippen molar-refractivity contribution in [2.75, 3.05) is 0 Å². The van der Waals surface area contributed by atoms with Gasteiger partial charge in [-0.15, -0.1) is 0 Å². The minimum absolute atomic E-state index is 0.00815. The number of hydrogen-bond acceptors (Lipinski definition) is 2. The van der Waals surface area contributed by atoms with Crippen molar-refractivity contribution in [2.24, 2.45) is 35.0 Å². The number of nitrogens with zero attached hydrogens (tertiary/aromatic N) is 1. The number of hydrogen-bond donors (Lipinski definition) is 0. The van der Waals surface area contributed by atoms with Crippen molar-refractivity contribution < 1.29 is 9.59 Å². The van der Waals surface area contributed by atoms with E-state index in [0.717, 1.165) is 0 Å². The predicted molar refractivity (Wildman–Crippen MR) is 68.8 cm³/mol. The molecule has 1 heterocycles. The summed E-state index contributed by atoms with van der Waals surface area (Å²) in [5.41, 5.74) is 0.329. The van der Waals surface area contributed by atoms with Crippen LogP contribution in [0.4, 0.5) is 0 Å². The van der Waals surface area contributed by atoms with Crippen LogP contribution in [-0.4, -0.2) is 22.8 Å². The summed E-state index contributed by atoms with van der Waals surface area (Å²) in [6.07, 6.45) is 9.30. The highest BCUT2D eigenvalue weighted by Crippen LogP contribution is 2.73. The predicted octanol–water partition coefficient (Wildman–Crippen LogP) is 1.98. The van der Waals surface area contributed by atoms with E-state index < -0.39 is 0 Å². The van der Waals surface area contributed by atoms with E-state index in [4.69, 9.17) is 0 Å². The van der Waals surface area contributed by atoms with E-state index in [-0.39, 0.29) is 29.7 Å². The number of allylic oxidation sites excluding steroid dienone is 2. The maximum absolute atomic E-state index is 12.7. The number of carbonyl (C=O) groups excluding carboxylic acids is 2. The molecule has 1 saturated heterocycles. The molecule has 0 radical (unpaired) electrons. The maximum Gasteiger partial charge on any atom is 0.233 e. The van der Waals surface area contributed by atoms with Crippen LogP contribution >= 0.6 is 0 Å². The monoisotopic (exact) mass is 257 g/mol. The molecule has 4 aliphatic carbocycles. The van der Waals surface area contributed by atoms with Crippen LogP contribution in [0, 0.1) is 35.0 Å². The Labute approximate surface area is 113 Å². The largest absolute Gasteiger partial charge is 0.279 e. The Morgan fingerprint density at radius 1 is 1.11 bits per heavy atom. The van der Waals surface area contributed by atoms with Crippen LogP contribution in [0.5, 0.6) is 0 Å². The van der Waals surface area contributed by atoms with Gasteiger partial charge in [0.2, 0.25) is 11.8 Å². The van der Waals surface area contributed by atoms with E-state index in [0.29, 0.717) is 23.2 Å². The Kier molecular flexibility index (Phi) is 1.66. The normalized spacial score (nSPS) is 46.3. The van der Waals surface area contributed by atoms with Crippen LogP contribution in [0.2, 0.25) is 0 Å². The molecule has 100 valence electrons. The molecule has 0 aromatic heterocycles. The van der Waals surface area contributed by atoms with Crippen LogP contribution in [0.3, 0.4) is 0 Å². The van der Waals surface area contributed by atoms with Gasteiger partial charge in [0.25, 0.3) is 0 Å². The fraction of sp³-hybridized carbons (Fsp3) is 0.750. The molecular formula is C16H19NO2. The van der Waals surface area contributed by atoms with Crippen molar-refractivity contribution in [1.82, 2.24) is 4.90 Å². The Morgan fingerprint density at radius 3 is 2.05 bits per heavy atom. The van der Waals surface area contributed by atoms with Crippen molar-refractivity contribution in [3.63, 3.8) is 0 Å². The summed E-state index contributed by atoms with van der Waals surface area (Å²) < 4.78 is 0. The van der Waals surface area contributed by atoms with Gasteiger partial charge in [-0.05, 0) is 55.8 Å². The minimum atomic E-state index is -0.00815. The Bertz CT molecular complexity index is 495. The van der Waals surface area contributed by atoms with Gasteiger partial charge in [0, 0.05) is 6.04 Å². The molecule has 5 aliphatic rings. The number of imide groups is 1. The first-order valence-electron chi connectivity index (χ1n) is 7.70. The van der Waals surface area contributed by atoms with Gasteiger partial charge < -0.3 is 0 Å². The Balaban J connectivity index is 1.54. The van der Waals surface area contributed by atoms with Gasteiger partial charge in [-0.25, -0.2) is 0 Å². The highest BCUT2D eigenvalue weighted by molar-refractivity contribution is 6.07. The summed E-state index contributed by atoms with van der Waals surface area (Å²) in [5, 5.41) is 0. The van der Waals surface area contributed by atoms with Crippen molar-refractivity contribution in [1.29, 1.82) is 0 Å². The summed E-state index contributed by atoms with van der Waals surface area (Å²) in [6, 6.07) is 0.139. The fourth-order valence-electron chi connectivity index (χ4n) is 5.29. The third kappa shape index (κ3) is 1.04. The summed E-state index contributed by atoms with van der Waals surface area (Å²) in [5.74, 6) is 1.60. The second-order valence-electron chi connectivity index (χ2n) is 7.35. The molecule has 5 rings (SSSR count). The third-order valence-corrected chi connectivity index (χ3v) is 6.60.